The van der Waals surface area contributed by atoms with Crippen molar-refractivity contribution < 1.29 is 14.6 Å². The molecule has 0 aliphatic rings. The maximum atomic E-state index is 11.3. The Balaban J connectivity index is 2.92. The number of benzene rings is 1. The lowest BCUT2D eigenvalue weighted by atomic mass is 9.95. The van der Waals surface area contributed by atoms with Gasteiger partial charge in [0.1, 0.15) is 0 Å². The minimum atomic E-state index is -1.14. The minimum Gasteiger partial charge on any atom is -0.479 e. The second kappa shape index (κ2) is 4.99. The van der Waals surface area contributed by atoms with Crippen molar-refractivity contribution >= 4 is 11.7 Å². The number of ether oxygens (including phenoxy) is 1. The molecule has 4 heteroatoms. The Labute approximate surface area is 95.2 Å². The molecule has 0 saturated carbocycles. The molecule has 0 amide bonds. The van der Waals surface area contributed by atoms with Gasteiger partial charge < -0.3 is 15.2 Å². The Morgan fingerprint density at radius 3 is 2.44 bits per heavy atom. The number of carbonyl (C=O) groups is 1. The average molecular weight is 223 g/mol. The van der Waals surface area contributed by atoms with Gasteiger partial charge in [0.15, 0.2) is 5.54 Å². The van der Waals surface area contributed by atoms with Crippen LogP contribution < -0.4 is 5.32 Å². The zero-order chi connectivity index (χ0) is 12.2. The summed E-state index contributed by atoms with van der Waals surface area (Å²) in [5.41, 5.74) is -0.382. The summed E-state index contributed by atoms with van der Waals surface area (Å²) in [5.74, 6) is -0.939. The molecule has 0 saturated heterocycles. The normalized spacial score (nSPS) is 16.2. The van der Waals surface area contributed by atoms with Crippen LogP contribution in [0.3, 0.4) is 0 Å². The summed E-state index contributed by atoms with van der Waals surface area (Å²) >= 11 is 0. The monoisotopic (exact) mass is 223 g/mol. The number of anilines is 1. The zero-order valence-corrected chi connectivity index (χ0v) is 9.73. The van der Waals surface area contributed by atoms with E-state index in [1.54, 1.807) is 13.8 Å². The predicted octanol–water partition coefficient (Wildman–Crippen LogP) is 1.98. The molecule has 0 aromatic heterocycles. The summed E-state index contributed by atoms with van der Waals surface area (Å²) in [6.07, 6.45) is -0.440. The number of carboxylic acid groups (broad SMARTS) is 1. The van der Waals surface area contributed by atoms with E-state index in [4.69, 9.17) is 4.74 Å². The topological polar surface area (TPSA) is 58.6 Å². The van der Waals surface area contributed by atoms with Gasteiger partial charge in [0, 0.05) is 12.8 Å². The van der Waals surface area contributed by atoms with Crippen molar-refractivity contribution in [2.75, 3.05) is 12.4 Å². The molecule has 2 atom stereocenters. The first-order chi connectivity index (χ1) is 7.50. The number of carboxylic acids is 1. The van der Waals surface area contributed by atoms with Crippen LogP contribution in [0.5, 0.6) is 0 Å². The SMILES string of the molecule is COC(C)C(C)(Nc1ccccc1)C(=O)O. The van der Waals surface area contributed by atoms with E-state index in [1.807, 2.05) is 30.3 Å². The van der Waals surface area contributed by atoms with Crippen molar-refractivity contribution in [3.63, 3.8) is 0 Å². The van der Waals surface area contributed by atoms with Crippen LogP contribution in [0, 0.1) is 0 Å². The Kier molecular flexibility index (Phi) is 3.90. The summed E-state index contributed by atoms with van der Waals surface area (Å²) < 4.78 is 5.11. The fourth-order valence-corrected chi connectivity index (χ4v) is 1.39. The molecular weight excluding hydrogens is 206 g/mol. The minimum absolute atomic E-state index is 0.440. The summed E-state index contributed by atoms with van der Waals surface area (Å²) in [5, 5.41) is 12.2. The van der Waals surface area contributed by atoms with E-state index in [1.165, 1.54) is 7.11 Å². The van der Waals surface area contributed by atoms with E-state index in [0.717, 1.165) is 5.69 Å². The number of rotatable bonds is 5. The lowest BCUT2D eigenvalue weighted by Gasteiger charge is -2.32. The fraction of sp³-hybridized carbons (Fsp3) is 0.417. The Morgan fingerprint density at radius 1 is 1.44 bits per heavy atom. The molecule has 0 bridgehead atoms. The molecule has 0 heterocycles. The molecule has 0 aliphatic carbocycles. The maximum Gasteiger partial charge on any atom is 0.331 e. The molecule has 0 fully saturated rings. The van der Waals surface area contributed by atoms with Crippen LogP contribution in [0.25, 0.3) is 0 Å². The van der Waals surface area contributed by atoms with Crippen molar-refractivity contribution in [1.82, 2.24) is 0 Å². The zero-order valence-electron chi connectivity index (χ0n) is 9.73. The van der Waals surface area contributed by atoms with Gasteiger partial charge >= 0.3 is 5.97 Å². The van der Waals surface area contributed by atoms with E-state index in [2.05, 4.69) is 5.32 Å². The molecule has 88 valence electrons. The summed E-state index contributed by atoms with van der Waals surface area (Å²) in [7, 11) is 1.50. The molecule has 0 aliphatic heterocycles. The Morgan fingerprint density at radius 2 is 2.00 bits per heavy atom. The maximum absolute atomic E-state index is 11.3. The van der Waals surface area contributed by atoms with Gasteiger partial charge in [-0.25, -0.2) is 4.79 Å². The predicted molar refractivity (Wildman–Crippen MR) is 62.6 cm³/mol. The first-order valence-electron chi connectivity index (χ1n) is 5.10. The van der Waals surface area contributed by atoms with Gasteiger partial charge in [-0.15, -0.1) is 0 Å². The summed E-state index contributed by atoms with van der Waals surface area (Å²) in [4.78, 5) is 11.3. The molecule has 16 heavy (non-hydrogen) atoms. The van der Waals surface area contributed by atoms with Crippen molar-refractivity contribution in [3.05, 3.63) is 30.3 Å². The summed E-state index contributed by atoms with van der Waals surface area (Å²) in [6, 6.07) is 9.22. The van der Waals surface area contributed by atoms with Gasteiger partial charge in [0.05, 0.1) is 6.10 Å². The van der Waals surface area contributed by atoms with Crippen LogP contribution in [0.4, 0.5) is 5.69 Å². The third-order valence-electron chi connectivity index (χ3n) is 2.79. The van der Waals surface area contributed by atoms with E-state index in [-0.39, 0.29) is 0 Å². The van der Waals surface area contributed by atoms with Gasteiger partial charge in [0.2, 0.25) is 0 Å². The third kappa shape index (κ3) is 2.52. The molecule has 2 N–H and O–H groups in total. The van der Waals surface area contributed by atoms with Gasteiger partial charge in [-0.1, -0.05) is 18.2 Å². The Hall–Kier alpha value is -1.55. The summed E-state index contributed by atoms with van der Waals surface area (Å²) in [6.45, 7) is 3.33. The van der Waals surface area contributed by atoms with Crippen LogP contribution in [0.2, 0.25) is 0 Å². The van der Waals surface area contributed by atoms with Crippen molar-refractivity contribution in [1.29, 1.82) is 0 Å². The molecule has 0 spiro atoms. The number of hydrogen-bond donors (Lipinski definition) is 2. The molecule has 4 nitrogen and oxygen atoms in total. The van der Waals surface area contributed by atoms with Crippen molar-refractivity contribution in [3.8, 4) is 0 Å². The van der Waals surface area contributed by atoms with Crippen LogP contribution >= 0.6 is 0 Å². The smallest absolute Gasteiger partial charge is 0.331 e. The van der Waals surface area contributed by atoms with Crippen LogP contribution in [0.1, 0.15) is 13.8 Å². The van der Waals surface area contributed by atoms with E-state index < -0.39 is 17.6 Å². The van der Waals surface area contributed by atoms with Crippen molar-refractivity contribution in [2.45, 2.75) is 25.5 Å². The number of aliphatic carboxylic acids is 1. The molecule has 2 unspecified atom stereocenters. The fourth-order valence-electron chi connectivity index (χ4n) is 1.39. The second-order valence-corrected chi connectivity index (χ2v) is 3.88. The largest absolute Gasteiger partial charge is 0.479 e. The number of hydrogen-bond acceptors (Lipinski definition) is 3. The first kappa shape index (κ1) is 12.5. The highest BCUT2D eigenvalue weighted by Gasteiger charge is 2.39. The molecule has 1 aromatic rings. The molecular formula is C12H17NO3. The first-order valence-corrected chi connectivity index (χ1v) is 5.10. The van der Waals surface area contributed by atoms with Gasteiger partial charge in [-0.3, -0.25) is 0 Å². The molecule has 0 radical (unpaired) electrons. The number of nitrogens with one attached hydrogen (secondary N) is 1. The van der Waals surface area contributed by atoms with Crippen molar-refractivity contribution in [2.24, 2.45) is 0 Å². The third-order valence-corrected chi connectivity index (χ3v) is 2.79. The lowest BCUT2D eigenvalue weighted by Crippen LogP contribution is -2.52. The van der Waals surface area contributed by atoms with Crippen LogP contribution in [0.15, 0.2) is 30.3 Å². The number of methoxy groups -OCH3 is 1. The van der Waals surface area contributed by atoms with E-state index >= 15 is 0 Å². The van der Waals surface area contributed by atoms with E-state index in [0.29, 0.717) is 0 Å². The highest BCUT2D eigenvalue weighted by Crippen LogP contribution is 2.20. The molecule has 1 rings (SSSR count). The van der Waals surface area contributed by atoms with E-state index in [9.17, 15) is 9.90 Å². The lowest BCUT2D eigenvalue weighted by molar-refractivity contribution is -0.146. The standard InChI is InChI=1S/C12H17NO3/c1-9(16-3)12(2,11(14)15)13-10-7-5-4-6-8-10/h4-9,13H,1-3H3,(H,14,15). The quantitative estimate of drug-likeness (QED) is 0.801. The second-order valence-electron chi connectivity index (χ2n) is 3.88. The highest BCUT2D eigenvalue weighted by molar-refractivity contribution is 5.83. The van der Waals surface area contributed by atoms with Crippen LogP contribution in [-0.4, -0.2) is 29.8 Å². The average Bonchev–Trinajstić information content (AvgIpc) is 2.28. The number of para-hydroxylation sites is 1. The Bertz CT molecular complexity index is 353. The van der Waals surface area contributed by atoms with Gasteiger partial charge in [-0.2, -0.15) is 0 Å². The molecule has 1 aromatic carbocycles. The highest BCUT2D eigenvalue weighted by atomic mass is 16.5. The van der Waals surface area contributed by atoms with Gasteiger partial charge in [0.25, 0.3) is 0 Å². The van der Waals surface area contributed by atoms with Crippen LogP contribution in [-0.2, 0) is 9.53 Å². The van der Waals surface area contributed by atoms with Gasteiger partial charge in [-0.05, 0) is 26.0 Å².